The summed E-state index contributed by atoms with van der Waals surface area (Å²) in [6.07, 6.45) is 0. The maximum atomic E-state index is 5.04. The third-order valence-corrected chi connectivity index (χ3v) is 6.42. The zero-order valence-electron chi connectivity index (χ0n) is 20.4. The Bertz CT molecular complexity index is 1190. The molecule has 0 atom stereocenters. The van der Waals surface area contributed by atoms with E-state index in [9.17, 15) is 0 Å². The van der Waals surface area contributed by atoms with Crippen molar-refractivity contribution in [1.82, 2.24) is 9.97 Å². The van der Waals surface area contributed by atoms with Gasteiger partial charge in [0.25, 0.3) is 0 Å². The van der Waals surface area contributed by atoms with Gasteiger partial charge in [0.05, 0.1) is 11.0 Å². The highest BCUT2D eigenvalue weighted by molar-refractivity contribution is 5.88. The summed E-state index contributed by atoms with van der Waals surface area (Å²) >= 11 is 0. The Balaban J connectivity index is 1.60. The van der Waals surface area contributed by atoms with Crippen LogP contribution in [0.4, 0.5) is 23.0 Å². The molecule has 168 valence electrons. The number of nitrogens with zero attached hydrogens (tertiary/aromatic N) is 4. The van der Waals surface area contributed by atoms with Crippen LogP contribution >= 0.6 is 0 Å². The lowest BCUT2D eigenvalue weighted by molar-refractivity contribution is 0.590. The van der Waals surface area contributed by atoms with Gasteiger partial charge in [0.2, 0.25) is 0 Å². The molecule has 4 nitrogen and oxygen atoms in total. The average Bonchev–Trinajstić information content (AvgIpc) is 3.15. The highest BCUT2D eigenvalue weighted by atomic mass is 15.4. The first-order valence-corrected chi connectivity index (χ1v) is 11.6. The van der Waals surface area contributed by atoms with Gasteiger partial charge in [-0.1, -0.05) is 77.9 Å². The van der Waals surface area contributed by atoms with E-state index in [2.05, 4.69) is 99.9 Å². The van der Waals surface area contributed by atoms with Gasteiger partial charge in [-0.05, 0) is 58.4 Å². The summed E-state index contributed by atoms with van der Waals surface area (Å²) in [5, 5.41) is 0. The number of hydrogen-bond donors (Lipinski definition) is 0. The van der Waals surface area contributed by atoms with Crippen molar-refractivity contribution in [3.05, 3.63) is 83.9 Å². The zero-order valence-corrected chi connectivity index (χ0v) is 20.4. The van der Waals surface area contributed by atoms with Crippen molar-refractivity contribution in [3.8, 4) is 0 Å². The van der Waals surface area contributed by atoms with E-state index in [1.54, 1.807) is 0 Å². The van der Waals surface area contributed by atoms with Crippen LogP contribution in [-0.4, -0.2) is 16.6 Å². The summed E-state index contributed by atoms with van der Waals surface area (Å²) in [7, 11) is 0. The first-order chi connectivity index (χ1) is 15.6. The van der Waals surface area contributed by atoms with Crippen LogP contribution in [-0.2, 0) is 10.8 Å². The number of hydrogen-bond acceptors (Lipinski definition) is 4. The first-order valence-electron chi connectivity index (χ1n) is 11.6. The molecule has 33 heavy (non-hydrogen) atoms. The second-order valence-electron chi connectivity index (χ2n) is 11.0. The molecule has 5 rings (SSSR count). The second-order valence-corrected chi connectivity index (χ2v) is 11.0. The molecule has 4 heteroatoms. The van der Waals surface area contributed by atoms with Gasteiger partial charge >= 0.3 is 0 Å². The predicted octanol–water partition coefficient (Wildman–Crippen LogP) is 7.47. The van der Waals surface area contributed by atoms with Crippen molar-refractivity contribution in [3.63, 3.8) is 0 Å². The number of benzene rings is 3. The highest BCUT2D eigenvalue weighted by Crippen LogP contribution is 2.43. The Hall–Kier alpha value is -3.40. The van der Waals surface area contributed by atoms with Gasteiger partial charge in [0.15, 0.2) is 11.6 Å². The predicted molar refractivity (Wildman–Crippen MR) is 139 cm³/mol. The summed E-state index contributed by atoms with van der Waals surface area (Å²) in [5.41, 5.74) is 6.98. The summed E-state index contributed by atoms with van der Waals surface area (Å²) in [4.78, 5) is 14.6. The van der Waals surface area contributed by atoms with Gasteiger partial charge in [-0.3, -0.25) is 0 Å². The molecule has 1 aliphatic rings. The average molecular weight is 437 g/mol. The van der Waals surface area contributed by atoms with Crippen LogP contribution in [0, 0.1) is 0 Å². The minimum absolute atomic E-state index is 0.123. The molecule has 0 radical (unpaired) electrons. The molecular formula is C29H32N4. The van der Waals surface area contributed by atoms with Gasteiger partial charge in [-0.25, -0.2) is 9.97 Å². The van der Waals surface area contributed by atoms with Gasteiger partial charge in [0.1, 0.15) is 6.67 Å². The quantitative estimate of drug-likeness (QED) is 0.326. The Morgan fingerprint density at radius 1 is 0.545 bits per heavy atom. The standard InChI is InChI=1S/C29H32N4/c1-28(2,3)20-11-15-22(16-12-20)32-19-33(23-17-13-21(14-18-23)29(4,5)6)27-26(32)30-24-9-7-8-10-25(24)31-27/h7-18H,19H2,1-6H3. The molecule has 0 unspecified atom stereocenters. The fourth-order valence-electron chi connectivity index (χ4n) is 4.31. The summed E-state index contributed by atoms with van der Waals surface area (Å²) in [6, 6.07) is 25.8. The molecule has 1 aromatic heterocycles. The number of para-hydroxylation sites is 2. The van der Waals surface area contributed by atoms with Crippen molar-refractivity contribution in [2.45, 2.75) is 52.4 Å². The van der Waals surface area contributed by atoms with Gasteiger partial charge < -0.3 is 9.80 Å². The summed E-state index contributed by atoms with van der Waals surface area (Å²) in [5.74, 6) is 1.80. The normalized spacial score (nSPS) is 14.1. The fourth-order valence-corrected chi connectivity index (χ4v) is 4.31. The van der Waals surface area contributed by atoms with E-state index in [1.165, 1.54) is 11.1 Å². The molecule has 0 aliphatic carbocycles. The smallest absolute Gasteiger partial charge is 0.179 e. The van der Waals surface area contributed by atoms with Crippen LogP contribution in [0.3, 0.4) is 0 Å². The summed E-state index contributed by atoms with van der Waals surface area (Å²) < 4.78 is 0. The van der Waals surface area contributed by atoms with E-state index in [0.29, 0.717) is 6.67 Å². The van der Waals surface area contributed by atoms with Crippen LogP contribution < -0.4 is 9.80 Å². The minimum Gasteiger partial charge on any atom is -0.305 e. The third-order valence-electron chi connectivity index (χ3n) is 6.42. The molecule has 0 amide bonds. The molecule has 3 aromatic carbocycles. The molecule has 2 heterocycles. The maximum Gasteiger partial charge on any atom is 0.179 e. The number of fused-ring (bicyclic) bond motifs is 2. The van der Waals surface area contributed by atoms with E-state index < -0.39 is 0 Å². The number of rotatable bonds is 2. The Morgan fingerprint density at radius 2 is 0.909 bits per heavy atom. The van der Waals surface area contributed by atoms with Crippen LogP contribution in [0.1, 0.15) is 52.7 Å². The molecule has 1 aliphatic heterocycles. The monoisotopic (exact) mass is 436 g/mol. The zero-order chi connectivity index (χ0) is 23.4. The molecule has 0 saturated carbocycles. The lowest BCUT2D eigenvalue weighted by atomic mass is 9.87. The molecular weight excluding hydrogens is 404 g/mol. The third kappa shape index (κ3) is 3.95. The highest BCUT2D eigenvalue weighted by Gasteiger charge is 2.32. The van der Waals surface area contributed by atoms with Crippen LogP contribution in [0.2, 0.25) is 0 Å². The maximum absolute atomic E-state index is 5.04. The van der Waals surface area contributed by atoms with E-state index in [4.69, 9.17) is 9.97 Å². The van der Waals surface area contributed by atoms with Crippen molar-refractivity contribution in [2.24, 2.45) is 0 Å². The van der Waals surface area contributed by atoms with Crippen LogP contribution in [0.5, 0.6) is 0 Å². The minimum atomic E-state index is 0.123. The number of anilines is 4. The van der Waals surface area contributed by atoms with E-state index in [1.807, 2.05) is 24.3 Å². The molecule has 4 aromatic rings. The molecule has 0 N–H and O–H groups in total. The largest absolute Gasteiger partial charge is 0.305 e. The van der Waals surface area contributed by atoms with Crippen molar-refractivity contribution in [1.29, 1.82) is 0 Å². The van der Waals surface area contributed by atoms with Crippen molar-refractivity contribution >= 4 is 34.0 Å². The van der Waals surface area contributed by atoms with Gasteiger partial charge in [-0.2, -0.15) is 0 Å². The fraction of sp³-hybridized carbons (Fsp3) is 0.310. The van der Waals surface area contributed by atoms with Crippen LogP contribution in [0.25, 0.3) is 11.0 Å². The lowest BCUT2D eigenvalue weighted by Gasteiger charge is -2.24. The Labute approximate surface area is 196 Å². The van der Waals surface area contributed by atoms with Crippen molar-refractivity contribution in [2.75, 3.05) is 16.5 Å². The van der Waals surface area contributed by atoms with Crippen molar-refractivity contribution < 1.29 is 0 Å². The second kappa shape index (κ2) is 7.58. The molecule has 0 saturated heterocycles. The van der Waals surface area contributed by atoms with Gasteiger partial charge in [0, 0.05) is 11.4 Å². The molecule has 0 spiro atoms. The lowest BCUT2D eigenvalue weighted by Crippen LogP contribution is -2.24. The Morgan fingerprint density at radius 3 is 1.24 bits per heavy atom. The number of aromatic nitrogens is 2. The van der Waals surface area contributed by atoms with E-state index in [-0.39, 0.29) is 10.8 Å². The van der Waals surface area contributed by atoms with E-state index >= 15 is 0 Å². The topological polar surface area (TPSA) is 32.3 Å². The summed E-state index contributed by atoms with van der Waals surface area (Å²) in [6.45, 7) is 14.1. The van der Waals surface area contributed by atoms with Gasteiger partial charge in [-0.15, -0.1) is 0 Å². The van der Waals surface area contributed by atoms with E-state index in [0.717, 1.165) is 34.0 Å². The Kier molecular flexibility index (Phi) is 4.93. The first kappa shape index (κ1) is 21.4. The SMILES string of the molecule is CC(C)(C)c1ccc(N2CN(c3ccc(C(C)(C)C)cc3)c3nc4ccccc4nc32)cc1. The molecule has 0 bridgehead atoms. The van der Waals surface area contributed by atoms with Crippen LogP contribution in [0.15, 0.2) is 72.8 Å². The molecule has 0 fully saturated rings.